The topological polar surface area (TPSA) is 86.8 Å². The van der Waals surface area contributed by atoms with Crippen LogP contribution in [0.5, 0.6) is 0 Å². The van der Waals surface area contributed by atoms with E-state index in [-0.39, 0.29) is 16.9 Å². The summed E-state index contributed by atoms with van der Waals surface area (Å²) in [7, 11) is 0. The Kier molecular flexibility index (Phi) is 3.32. The van der Waals surface area contributed by atoms with Gasteiger partial charge >= 0.3 is 0 Å². The Labute approximate surface area is 129 Å². The third-order valence-electron chi connectivity index (χ3n) is 4.16. The van der Waals surface area contributed by atoms with Crippen LogP contribution in [0.1, 0.15) is 38.4 Å². The number of rotatable bonds is 1. The molecule has 0 saturated carbocycles. The van der Waals surface area contributed by atoms with Gasteiger partial charge in [0.1, 0.15) is 17.8 Å². The Morgan fingerprint density at radius 1 is 1.36 bits per heavy atom. The quantitative estimate of drug-likeness (QED) is 0.862. The van der Waals surface area contributed by atoms with Crippen LogP contribution in [-0.4, -0.2) is 16.5 Å². The fourth-order valence-electron chi connectivity index (χ4n) is 3.14. The van der Waals surface area contributed by atoms with Gasteiger partial charge in [0.05, 0.1) is 17.4 Å². The van der Waals surface area contributed by atoms with Gasteiger partial charge in [-0.1, -0.05) is 13.8 Å². The molecule has 1 aromatic heterocycles. The van der Waals surface area contributed by atoms with Crippen molar-refractivity contribution in [3.05, 3.63) is 41.4 Å². The number of pyridine rings is 1. The predicted octanol–water partition coefficient (Wildman–Crippen LogP) is 2.96. The predicted molar refractivity (Wildman–Crippen MR) is 79.9 cm³/mol. The van der Waals surface area contributed by atoms with Crippen molar-refractivity contribution in [1.82, 2.24) is 4.98 Å². The molecule has 5 heteroatoms. The van der Waals surface area contributed by atoms with Crippen LogP contribution < -0.4 is 0 Å². The zero-order valence-corrected chi connectivity index (χ0v) is 12.6. The molecular weight excluding hydrogens is 278 g/mol. The van der Waals surface area contributed by atoms with E-state index in [0.717, 1.165) is 5.56 Å². The van der Waals surface area contributed by atoms with Crippen LogP contribution in [0.2, 0.25) is 0 Å². The van der Waals surface area contributed by atoms with Gasteiger partial charge in [0, 0.05) is 25.2 Å². The highest BCUT2D eigenvalue weighted by molar-refractivity contribution is 6.24. The lowest BCUT2D eigenvalue weighted by molar-refractivity contribution is -0.118. The van der Waals surface area contributed by atoms with E-state index in [1.54, 1.807) is 24.5 Å². The van der Waals surface area contributed by atoms with Crippen LogP contribution in [0, 0.1) is 28.1 Å². The molecule has 1 aliphatic carbocycles. The second-order valence-electron chi connectivity index (χ2n) is 6.58. The van der Waals surface area contributed by atoms with E-state index in [0.29, 0.717) is 24.2 Å². The maximum absolute atomic E-state index is 12.4. The number of Topliss-reactive ketones (excluding diaryl/α,β-unsaturated/α-hetero) is 1. The van der Waals surface area contributed by atoms with Gasteiger partial charge in [-0.25, -0.2) is 0 Å². The summed E-state index contributed by atoms with van der Waals surface area (Å²) in [6, 6.07) is 5.68. The highest BCUT2D eigenvalue weighted by atomic mass is 16.5. The van der Waals surface area contributed by atoms with E-state index in [9.17, 15) is 10.1 Å². The summed E-state index contributed by atoms with van der Waals surface area (Å²) in [4.78, 5) is 16.3. The Morgan fingerprint density at radius 3 is 2.68 bits per heavy atom. The Morgan fingerprint density at radius 2 is 2.05 bits per heavy atom. The molecule has 0 aromatic carbocycles. The standard InChI is InChI=1S/C17H17N3O2/c1-17(2)7-12(21)14-13(8-17)22-16(11(9-18)15(14)19)10-3-5-20-6-4-10/h3-6,11,16,19H,7-8H2,1-2H3/t11?,16-/m0/s1. The maximum atomic E-state index is 12.4. The number of ketones is 1. The molecule has 3 rings (SSSR count). The summed E-state index contributed by atoms with van der Waals surface area (Å²) >= 11 is 0. The first-order chi connectivity index (χ1) is 10.4. The Balaban J connectivity index is 2.06. The number of allylic oxidation sites excluding steroid dienone is 2. The SMILES string of the molecule is CC1(C)CC(=O)C2=C(C1)O[C@@H](c1ccncc1)C(C#N)C2=N. The van der Waals surface area contributed by atoms with E-state index >= 15 is 0 Å². The first kappa shape index (κ1) is 14.5. The number of aromatic nitrogens is 1. The van der Waals surface area contributed by atoms with Crippen LogP contribution in [0.15, 0.2) is 35.9 Å². The minimum atomic E-state index is -0.772. The molecule has 0 bridgehead atoms. The van der Waals surface area contributed by atoms with Crippen molar-refractivity contribution in [1.29, 1.82) is 10.7 Å². The monoisotopic (exact) mass is 295 g/mol. The van der Waals surface area contributed by atoms with Crippen LogP contribution >= 0.6 is 0 Å². The highest BCUT2D eigenvalue weighted by Crippen LogP contribution is 2.45. The minimum absolute atomic E-state index is 0.0889. The van der Waals surface area contributed by atoms with Gasteiger partial charge in [-0.05, 0) is 23.1 Å². The van der Waals surface area contributed by atoms with Gasteiger partial charge in [-0.15, -0.1) is 0 Å². The number of carbonyl (C=O) groups excluding carboxylic acids is 1. The number of nitrogens with one attached hydrogen (secondary N) is 1. The van der Waals surface area contributed by atoms with E-state index in [1.807, 2.05) is 13.8 Å². The average molecular weight is 295 g/mol. The lowest BCUT2D eigenvalue weighted by atomic mass is 9.72. The van der Waals surface area contributed by atoms with Gasteiger partial charge in [-0.2, -0.15) is 5.26 Å². The van der Waals surface area contributed by atoms with Gasteiger partial charge < -0.3 is 10.1 Å². The summed E-state index contributed by atoms with van der Waals surface area (Å²) < 4.78 is 6.02. The largest absolute Gasteiger partial charge is 0.487 e. The number of hydrogen-bond donors (Lipinski definition) is 1. The van der Waals surface area contributed by atoms with Crippen molar-refractivity contribution >= 4 is 11.5 Å². The molecule has 0 amide bonds. The smallest absolute Gasteiger partial charge is 0.168 e. The molecule has 1 unspecified atom stereocenters. The first-order valence-electron chi connectivity index (χ1n) is 7.24. The molecule has 0 spiro atoms. The molecule has 0 fully saturated rings. The Bertz CT molecular complexity index is 713. The molecular formula is C17H17N3O2. The van der Waals surface area contributed by atoms with Crippen molar-refractivity contribution in [3.63, 3.8) is 0 Å². The second kappa shape index (κ2) is 5.06. The normalized spacial score (nSPS) is 27.0. The molecule has 5 nitrogen and oxygen atoms in total. The van der Waals surface area contributed by atoms with Crippen LogP contribution in [0.25, 0.3) is 0 Å². The van der Waals surface area contributed by atoms with E-state index in [4.69, 9.17) is 10.1 Å². The highest BCUT2D eigenvalue weighted by Gasteiger charge is 2.44. The number of nitriles is 1. The molecule has 112 valence electrons. The van der Waals surface area contributed by atoms with Gasteiger partial charge in [0.2, 0.25) is 0 Å². The molecule has 22 heavy (non-hydrogen) atoms. The number of nitrogens with zero attached hydrogens (tertiary/aromatic N) is 2. The van der Waals surface area contributed by atoms with E-state index in [2.05, 4.69) is 11.1 Å². The summed E-state index contributed by atoms with van der Waals surface area (Å²) in [6.45, 7) is 4.03. The first-order valence-corrected chi connectivity index (χ1v) is 7.24. The lowest BCUT2D eigenvalue weighted by Crippen LogP contribution is -2.38. The third-order valence-corrected chi connectivity index (χ3v) is 4.16. The zero-order chi connectivity index (χ0) is 15.9. The molecule has 2 aliphatic rings. The molecule has 0 radical (unpaired) electrons. The summed E-state index contributed by atoms with van der Waals surface area (Å²) in [5, 5.41) is 17.8. The molecule has 0 saturated heterocycles. The summed E-state index contributed by atoms with van der Waals surface area (Å²) in [6.07, 6.45) is 3.71. The molecule has 1 aliphatic heterocycles. The third kappa shape index (κ3) is 2.31. The maximum Gasteiger partial charge on any atom is 0.168 e. The molecule has 2 atom stereocenters. The zero-order valence-electron chi connectivity index (χ0n) is 12.6. The van der Waals surface area contributed by atoms with E-state index in [1.165, 1.54) is 0 Å². The van der Waals surface area contributed by atoms with Crippen LogP contribution in [0.3, 0.4) is 0 Å². The average Bonchev–Trinajstić information content (AvgIpc) is 2.46. The molecule has 1 N–H and O–H groups in total. The lowest BCUT2D eigenvalue weighted by Gasteiger charge is -2.39. The number of ether oxygens (including phenoxy) is 1. The summed E-state index contributed by atoms with van der Waals surface area (Å²) in [5.41, 5.74) is 1.02. The van der Waals surface area contributed by atoms with Crippen molar-refractivity contribution in [2.45, 2.75) is 32.8 Å². The number of hydrogen-bond acceptors (Lipinski definition) is 5. The van der Waals surface area contributed by atoms with Gasteiger partial charge in [0.15, 0.2) is 5.78 Å². The van der Waals surface area contributed by atoms with Crippen molar-refractivity contribution in [3.8, 4) is 6.07 Å². The number of carbonyl (C=O) groups is 1. The fourth-order valence-corrected chi connectivity index (χ4v) is 3.14. The fraction of sp³-hybridized carbons (Fsp3) is 0.412. The minimum Gasteiger partial charge on any atom is -0.487 e. The Hall–Kier alpha value is -2.48. The van der Waals surface area contributed by atoms with Crippen LogP contribution in [-0.2, 0) is 9.53 Å². The van der Waals surface area contributed by atoms with Gasteiger partial charge in [-0.3, -0.25) is 9.78 Å². The second-order valence-corrected chi connectivity index (χ2v) is 6.58. The van der Waals surface area contributed by atoms with Crippen molar-refractivity contribution < 1.29 is 9.53 Å². The van der Waals surface area contributed by atoms with Crippen LogP contribution in [0.4, 0.5) is 0 Å². The van der Waals surface area contributed by atoms with Crippen molar-refractivity contribution in [2.75, 3.05) is 0 Å². The van der Waals surface area contributed by atoms with E-state index < -0.39 is 12.0 Å². The molecule has 1 aromatic rings. The summed E-state index contributed by atoms with van der Waals surface area (Å²) in [5.74, 6) is -0.310. The van der Waals surface area contributed by atoms with Gasteiger partial charge in [0.25, 0.3) is 0 Å². The van der Waals surface area contributed by atoms with Crippen molar-refractivity contribution in [2.24, 2.45) is 11.3 Å². The molecule has 2 heterocycles.